The number of benzene rings is 1. The molecule has 0 saturated carbocycles. The summed E-state index contributed by atoms with van der Waals surface area (Å²) in [5.41, 5.74) is 6.26. The second-order valence-corrected chi connectivity index (χ2v) is 4.85. The predicted octanol–water partition coefficient (Wildman–Crippen LogP) is 2.84. The molecule has 0 saturated heterocycles. The number of amides is 1. The molecule has 2 unspecified atom stereocenters. The van der Waals surface area contributed by atoms with Crippen molar-refractivity contribution in [3.8, 4) is 0 Å². The molecule has 2 atom stereocenters. The lowest BCUT2D eigenvalue weighted by atomic mass is 10.1. The second-order valence-electron chi connectivity index (χ2n) is 4.00. The quantitative estimate of drug-likeness (QED) is 0.812. The molecular formula is C12H12Cl2N2O. The number of carbonyl (C=O) groups excluding carboxylic acids is 1. The summed E-state index contributed by atoms with van der Waals surface area (Å²) < 4.78 is 0. The maximum absolute atomic E-state index is 11.9. The van der Waals surface area contributed by atoms with E-state index in [9.17, 15) is 4.79 Å². The molecule has 1 aliphatic rings. The van der Waals surface area contributed by atoms with Crippen LogP contribution in [0.15, 0.2) is 30.4 Å². The Bertz CT molecular complexity index is 474. The van der Waals surface area contributed by atoms with E-state index in [4.69, 9.17) is 28.9 Å². The summed E-state index contributed by atoms with van der Waals surface area (Å²) in [6.07, 6.45) is 4.30. The molecule has 2 rings (SSSR count). The fourth-order valence-corrected chi connectivity index (χ4v) is 2.19. The van der Waals surface area contributed by atoms with Gasteiger partial charge in [0, 0.05) is 11.1 Å². The highest BCUT2D eigenvalue weighted by atomic mass is 35.5. The maximum Gasteiger partial charge on any atom is 0.231 e. The zero-order chi connectivity index (χ0) is 12.4. The molecule has 5 heteroatoms. The van der Waals surface area contributed by atoms with Gasteiger partial charge in [-0.05, 0) is 24.6 Å². The average molecular weight is 271 g/mol. The zero-order valence-electron chi connectivity index (χ0n) is 8.99. The molecule has 0 aromatic heterocycles. The van der Waals surface area contributed by atoms with Crippen LogP contribution in [-0.4, -0.2) is 11.9 Å². The molecule has 1 amide bonds. The third-order valence-corrected chi connectivity index (χ3v) is 3.19. The van der Waals surface area contributed by atoms with Crippen LogP contribution in [0.2, 0.25) is 10.0 Å². The zero-order valence-corrected chi connectivity index (χ0v) is 10.5. The number of rotatable bonds is 2. The number of anilines is 1. The van der Waals surface area contributed by atoms with Crippen LogP contribution in [0.4, 0.5) is 5.69 Å². The topological polar surface area (TPSA) is 55.1 Å². The van der Waals surface area contributed by atoms with Crippen molar-refractivity contribution in [2.24, 2.45) is 11.7 Å². The van der Waals surface area contributed by atoms with Gasteiger partial charge in [0.2, 0.25) is 5.91 Å². The van der Waals surface area contributed by atoms with E-state index in [0.29, 0.717) is 22.2 Å². The van der Waals surface area contributed by atoms with Crippen LogP contribution in [0.25, 0.3) is 0 Å². The van der Waals surface area contributed by atoms with Crippen LogP contribution in [-0.2, 0) is 4.79 Å². The number of nitrogens with two attached hydrogens (primary N) is 1. The Morgan fingerprint density at radius 3 is 2.71 bits per heavy atom. The van der Waals surface area contributed by atoms with Gasteiger partial charge < -0.3 is 11.1 Å². The van der Waals surface area contributed by atoms with Gasteiger partial charge in [-0.15, -0.1) is 0 Å². The summed E-state index contributed by atoms with van der Waals surface area (Å²) in [7, 11) is 0. The summed E-state index contributed by atoms with van der Waals surface area (Å²) in [6.45, 7) is 0. The molecule has 0 aliphatic heterocycles. The van der Waals surface area contributed by atoms with E-state index in [1.54, 1.807) is 18.2 Å². The number of carbonyl (C=O) groups is 1. The van der Waals surface area contributed by atoms with Crippen LogP contribution in [0.3, 0.4) is 0 Å². The third-order valence-electron chi connectivity index (χ3n) is 2.64. The average Bonchev–Trinajstić information content (AvgIpc) is 2.69. The summed E-state index contributed by atoms with van der Waals surface area (Å²) in [5.74, 6) is -0.282. The van der Waals surface area contributed by atoms with Crippen molar-refractivity contribution in [2.45, 2.75) is 12.5 Å². The van der Waals surface area contributed by atoms with Crippen molar-refractivity contribution in [2.75, 3.05) is 5.32 Å². The fourth-order valence-electron chi connectivity index (χ4n) is 1.74. The Hall–Kier alpha value is -1.03. The monoisotopic (exact) mass is 270 g/mol. The number of hydrogen-bond donors (Lipinski definition) is 2. The standard InChI is InChI=1S/C12H12Cl2N2O/c13-8-2-4-11(10(14)6-8)16-12(17)7-1-3-9(15)5-7/h1-4,6-7,9H,5,15H2,(H,16,17). The van der Waals surface area contributed by atoms with Crippen molar-refractivity contribution in [1.29, 1.82) is 0 Å². The summed E-state index contributed by atoms with van der Waals surface area (Å²) in [5, 5.41) is 3.73. The largest absolute Gasteiger partial charge is 0.324 e. The molecule has 1 aromatic carbocycles. The SMILES string of the molecule is NC1C=CC(C(=O)Nc2ccc(Cl)cc2Cl)C1. The summed E-state index contributed by atoms with van der Waals surface area (Å²) >= 11 is 11.7. The lowest BCUT2D eigenvalue weighted by Crippen LogP contribution is -2.24. The molecule has 3 N–H and O–H groups in total. The van der Waals surface area contributed by atoms with E-state index in [1.807, 2.05) is 12.2 Å². The van der Waals surface area contributed by atoms with E-state index in [0.717, 1.165) is 0 Å². The van der Waals surface area contributed by atoms with Crippen molar-refractivity contribution in [1.82, 2.24) is 0 Å². The van der Waals surface area contributed by atoms with E-state index >= 15 is 0 Å². The molecule has 0 radical (unpaired) electrons. The molecule has 0 spiro atoms. The minimum Gasteiger partial charge on any atom is -0.324 e. The number of hydrogen-bond acceptors (Lipinski definition) is 2. The van der Waals surface area contributed by atoms with Crippen LogP contribution in [0, 0.1) is 5.92 Å². The van der Waals surface area contributed by atoms with Crippen molar-refractivity contribution < 1.29 is 4.79 Å². The Kier molecular flexibility index (Phi) is 3.72. The Morgan fingerprint density at radius 1 is 1.35 bits per heavy atom. The third kappa shape index (κ3) is 3.00. The van der Waals surface area contributed by atoms with Gasteiger partial charge in [0.25, 0.3) is 0 Å². The smallest absolute Gasteiger partial charge is 0.231 e. The van der Waals surface area contributed by atoms with E-state index < -0.39 is 0 Å². The molecule has 1 aliphatic carbocycles. The van der Waals surface area contributed by atoms with Crippen LogP contribution in [0.1, 0.15) is 6.42 Å². The summed E-state index contributed by atoms with van der Waals surface area (Å²) in [4.78, 5) is 11.9. The van der Waals surface area contributed by atoms with Gasteiger partial charge in [-0.2, -0.15) is 0 Å². The van der Waals surface area contributed by atoms with Gasteiger partial charge in [0.1, 0.15) is 0 Å². The van der Waals surface area contributed by atoms with Crippen molar-refractivity contribution in [3.63, 3.8) is 0 Å². The first-order valence-electron chi connectivity index (χ1n) is 5.26. The number of nitrogens with one attached hydrogen (secondary N) is 1. The Balaban J connectivity index is 2.06. The lowest BCUT2D eigenvalue weighted by molar-refractivity contribution is -0.118. The molecule has 17 heavy (non-hydrogen) atoms. The maximum atomic E-state index is 11.9. The van der Waals surface area contributed by atoms with Crippen LogP contribution < -0.4 is 11.1 Å². The minimum absolute atomic E-state index is 0.0357. The molecule has 90 valence electrons. The molecule has 1 aromatic rings. The van der Waals surface area contributed by atoms with Crippen molar-refractivity contribution >= 4 is 34.8 Å². The van der Waals surface area contributed by atoms with Crippen molar-refractivity contribution in [3.05, 3.63) is 40.4 Å². The van der Waals surface area contributed by atoms with Gasteiger partial charge in [-0.25, -0.2) is 0 Å². The summed E-state index contributed by atoms with van der Waals surface area (Å²) in [6, 6.07) is 4.92. The van der Waals surface area contributed by atoms with Gasteiger partial charge >= 0.3 is 0 Å². The highest BCUT2D eigenvalue weighted by Crippen LogP contribution is 2.27. The Labute approximate surface area is 110 Å². The molecule has 0 fully saturated rings. The van der Waals surface area contributed by atoms with Gasteiger partial charge in [0.05, 0.1) is 16.6 Å². The first-order valence-corrected chi connectivity index (χ1v) is 6.01. The van der Waals surface area contributed by atoms with Crippen LogP contribution >= 0.6 is 23.2 Å². The van der Waals surface area contributed by atoms with Gasteiger partial charge in [-0.1, -0.05) is 35.4 Å². The lowest BCUT2D eigenvalue weighted by Gasteiger charge is -2.11. The highest BCUT2D eigenvalue weighted by Gasteiger charge is 2.23. The van der Waals surface area contributed by atoms with E-state index in [-0.39, 0.29) is 17.9 Å². The Morgan fingerprint density at radius 2 is 2.12 bits per heavy atom. The first-order chi connectivity index (χ1) is 8.06. The molecule has 0 heterocycles. The predicted molar refractivity (Wildman–Crippen MR) is 70.3 cm³/mol. The number of halogens is 2. The van der Waals surface area contributed by atoms with Gasteiger partial charge in [-0.3, -0.25) is 4.79 Å². The minimum atomic E-state index is -0.184. The van der Waals surface area contributed by atoms with E-state index in [2.05, 4.69) is 5.32 Å². The normalized spacial score (nSPS) is 22.8. The van der Waals surface area contributed by atoms with Gasteiger partial charge in [0.15, 0.2) is 0 Å². The fraction of sp³-hybridized carbons (Fsp3) is 0.250. The molecular weight excluding hydrogens is 259 g/mol. The second kappa shape index (κ2) is 5.08. The first kappa shape index (κ1) is 12.4. The molecule has 3 nitrogen and oxygen atoms in total. The van der Waals surface area contributed by atoms with E-state index in [1.165, 1.54) is 0 Å². The van der Waals surface area contributed by atoms with Crippen LogP contribution in [0.5, 0.6) is 0 Å². The molecule has 0 bridgehead atoms. The highest BCUT2D eigenvalue weighted by molar-refractivity contribution is 6.36.